The number of aromatic nitrogens is 2. The molecule has 3 heteroatoms. The second-order valence-electron chi connectivity index (χ2n) is 3.12. The molecule has 0 radical (unpaired) electrons. The number of halogens is 1. The van der Waals surface area contributed by atoms with Gasteiger partial charge in [-0.2, -0.15) is 0 Å². The van der Waals surface area contributed by atoms with Gasteiger partial charge in [-0.15, -0.1) is 0 Å². The topological polar surface area (TPSA) is 17.8 Å². The van der Waals surface area contributed by atoms with Crippen molar-refractivity contribution in [2.24, 2.45) is 0 Å². The molecular weight excluding hydrogens is 184 g/mol. The fourth-order valence-corrected chi connectivity index (χ4v) is 1.59. The highest BCUT2D eigenvalue weighted by molar-refractivity contribution is 6.32. The molecule has 0 saturated carbocycles. The number of hydrogen-bond acceptors (Lipinski definition) is 1. The molecule has 13 heavy (non-hydrogen) atoms. The van der Waals surface area contributed by atoms with Crippen molar-refractivity contribution in [3.05, 3.63) is 29.0 Å². The van der Waals surface area contributed by atoms with Crippen LogP contribution in [0.4, 0.5) is 0 Å². The zero-order valence-electron chi connectivity index (χ0n) is 7.71. The minimum absolute atomic E-state index is 0.786. The highest BCUT2D eigenvalue weighted by atomic mass is 35.5. The zero-order chi connectivity index (χ0) is 9.42. The van der Waals surface area contributed by atoms with Crippen molar-refractivity contribution in [3.8, 4) is 0 Å². The molecule has 0 atom stereocenters. The van der Waals surface area contributed by atoms with Crippen molar-refractivity contribution < 1.29 is 0 Å². The second kappa shape index (κ2) is 3.04. The van der Waals surface area contributed by atoms with Crippen LogP contribution in [0.3, 0.4) is 0 Å². The van der Waals surface area contributed by atoms with Crippen LogP contribution >= 0.6 is 11.6 Å². The molecule has 2 rings (SSSR count). The smallest absolute Gasteiger partial charge is 0.0958 e. The van der Waals surface area contributed by atoms with Gasteiger partial charge in [-0.1, -0.05) is 11.6 Å². The average Bonchev–Trinajstić information content (AvgIpc) is 2.48. The molecule has 0 fully saturated rings. The van der Waals surface area contributed by atoms with E-state index < -0.39 is 0 Å². The lowest BCUT2D eigenvalue weighted by Gasteiger charge is -2.01. The molecule has 2 nitrogen and oxygen atoms in total. The number of aryl methyl sites for hydroxylation is 2. The van der Waals surface area contributed by atoms with Gasteiger partial charge in [0.25, 0.3) is 0 Å². The van der Waals surface area contributed by atoms with E-state index in [1.54, 1.807) is 0 Å². The van der Waals surface area contributed by atoms with Gasteiger partial charge in [0.05, 0.1) is 17.4 Å². The van der Waals surface area contributed by atoms with E-state index in [-0.39, 0.29) is 0 Å². The molecule has 1 heterocycles. The maximum absolute atomic E-state index is 5.99. The van der Waals surface area contributed by atoms with Crippen LogP contribution in [-0.4, -0.2) is 9.55 Å². The van der Waals surface area contributed by atoms with Gasteiger partial charge in [0.1, 0.15) is 0 Å². The summed E-state index contributed by atoms with van der Waals surface area (Å²) in [5, 5.41) is 0.786. The summed E-state index contributed by atoms with van der Waals surface area (Å²) >= 11 is 5.99. The maximum atomic E-state index is 5.99. The molecule has 0 amide bonds. The lowest BCUT2D eigenvalue weighted by atomic mass is 10.2. The molecule has 0 spiro atoms. The first-order valence-electron chi connectivity index (χ1n) is 4.33. The van der Waals surface area contributed by atoms with E-state index in [1.807, 2.05) is 19.3 Å². The van der Waals surface area contributed by atoms with E-state index in [0.29, 0.717) is 0 Å². The van der Waals surface area contributed by atoms with Crippen LogP contribution in [0, 0.1) is 6.92 Å². The third-order valence-electron chi connectivity index (χ3n) is 2.24. The van der Waals surface area contributed by atoms with Crippen molar-refractivity contribution in [1.82, 2.24) is 9.55 Å². The lowest BCUT2D eigenvalue weighted by Crippen LogP contribution is -1.90. The first-order valence-corrected chi connectivity index (χ1v) is 4.71. The predicted molar refractivity (Wildman–Crippen MR) is 55.2 cm³/mol. The summed E-state index contributed by atoms with van der Waals surface area (Å²) in [5.41, 5.74) is 3.23. The molecule has 0 saturated heterocycles. The Bertz CT molecular complexity index is 445. The minimum Gasteiger partial charge on any atom is -0.331 e. The molecule has 1 aromatic heterocycles. The molecular formula is C10H11ClN2. The summed E-state index contributed by atoms with van der Waals surface area (Å²) in [6.45, 7) is 5.05. The number of nitrogens with zero attached hydrogens (tertiary/aromatic N) is 2. The normalized spacial score (nSPS) is 11.0. The molecule has 0 aliphatic rings. The first kappa shape index (κ1) is 8.57. The molecule has 2 aromatic rings. The van der Waals surface area contributed by atoms with Gasteiger partial charge in [0.15, 0.2) is 0 Å². The Labute approximate surface area is 82.1 Å². The Balaban J connectivity index is 2.77. The van der Waals surface area contributed by atoms with Crippen LogP contribution < -0.4 is 0 Å². The van der Waals surface area contributed by atoms with Gasteiger partial charge in [-0.25, -0.2) is 4.98 Å². The quantitative estimate of drug-likeness (QED) is 0.683. The van der Waals surface area contributed by atoms with Gasteiger partial charge >= 0.3 is 0 Å². The molecule has 0 N–H and O–H groups in total. The molecule has 68 valence electrons. The highest BCUT2D eigenvalue weighted by Gasteiger charge is 2.03. The molecule has 0 aliphatic carbocycles. The fourth-order valence-electron chi connectivity index (χ4n) is 1.44. The number of hydrogen-bond donors (Lipinski definition) is 0. The fraction of sp³-hybridized carbons (Fsp3) is 0.300. The van der Waals surface area contributed by atoms with E-state index in [9.17, 15) is 0 Å². The van der Waals surface area contributed by atoms with Crippen molar-refractivity contribution >= 4 is 22.6 Å². The Morgan fingerprint density at radius 1 is 1.46 bits per heavy atom. The van der Waals surface area contributed by atoms with Crippen LogP contribution in [0.5, 0.6) is 0 Å². The molecule has 0 unspecified atom stereocenters. The van der Waals surface area contributed by atoms with Crippen molar-refractivity contribution in [2.45, 2.75) is 20.4 Å². The summed E-state index contributed by atoms with van der Waals surface area (Å²) in [5.74, 6) is 0. The summed E-state index contributed by atoms with van der Waals surface area (Å²) in [4.78, 5) is 4.27. The van der Waals surface area contributed by atoms with E-state index in [1.165, 1.54) is 0 Å². The predicted octanol–water partition coefficient (Wildman–Crippen LogP) is 3.02. The summed E-state index contributed by atoms with van der Waals surface area (Å²) in [6, 6.07) is 3.99. The summed E-state index contributed by atoms with van der Waals surface area (Å²) in [7, 11) is 0. The minimum atomic E-state index is 0.786. The van der Waals surface area contributed by atoms with Gasteiger partial charge in [0, 0.05) is 11.6 Å². The third-order valence-corrected chi connectivity index (χ3v) is 2.65. The van der Waals surface area contributed by atoms with E-state index in [0.717, 1.165) is 28.2 Å². The number of fused-ring (bicyclic) bond motifs is 1. The number of imidazole rings is 1. The lowest BCUT2D eigenvalue weighted by molar-refractivity contribution is 0.787. The van der Waals surface area contributed by atoms with E-state index >= 15 is 0 Å². The zero-order valence-corrected chi connectivity index (χ0v) is 8.47. The van der Waals surface area contributed by atoms with Crippen molar-refractivity contribution in [2.75, 3.05) is 0 Å². The summed E-state index contributed by atoms with van der Waals surface area (Å²) < 4.78 is 2.11. The van der Waals surface area contributed by atoms with Crippen molar-refractivity contribution in [3.63, 3.8) is 0 Å². The number of rotatable bonds is 1. The van der Waals surface area contributed by atoms with Gasteiger partial charge in [0.2, 0.25) is 0 Å². The van der Waals surface area contributed by atoms with Gasteiger partial charge in [-0.05, 0) is 31.5 Å². The average molecular weight is 195 g/mol. The monoisotopic (exact) mass is 194 g/mol. The SMILES string of the molecule is CCn1cnc2cc(Cl)c(C)cc21. The van der Waals surface area contributed by atoms with Crippen LogP contribution in [0.2, 0.25) is 5.02 Å². The highest BCUT2D eigenvalue weighted by Crippen LogP contribution is 2.22. The standard InChI is InChI=1S/C10H11ClN2/c1-3-13-6-12-9-5-8(11)7(2)4-10(9)13/h4-6H,3H2,1-2H3. The Kier molecular flexibility index (Phi) is 2.00. The van der Waals surface area contributed by atoms with E-state index in [2.05, 4.69) is 22.5 Å². The van der Waals surface area contributed by atoms with Gasteiger partial charge in [-0.3, -0.25) is 0 Å². The maximum Gasteiger partial charge on any atom is 0.0958 e. The van der Waals surface area contributed by atoms with Gasteiger partial charge < -0.3 is 4.57 Å². The second-order valence-corrected chi connectivity index (χ2v) is 3.53. The number of benzene rings is 1. The Morgan fingerprint density at radius 2 is 2.23 bits per heavy atom. The molecule has 1 aromatic carbocycles. The van der Waals surface area contributed by atoms with Crippen LogP contribution in [0.15, 0.2) is 18.5 Å². The van der Waals surface area contributed by atoms with Crippen LogP contribution in [-0.2, 0) is 6.54 Å². The first-order chi connectivity index (χ1) is 6.22. The Hall–Kier alpha value is -1.02. The van der Waals surface area contributed by atoms with Crippen molar-refractivity contribution in [1.29, 1.82) is 0 Å². The van der Waals surface area contributed by atoms with E-state index in [4.69, 9.17) is 11.6 Å². The Morgan fingerprint density at radius 3 is 2.92 bits per heavy atom. The summed E-state index contributed by atoms with van der Waals surface area (Å²) in [6.07, 6.45) is 1.85. The third kappa shape index (κ3) is 1.31. The van der Waals surface area contributed by atoms with Crippen LogP contribution in [0.1, 0.15) is 12.5 Å². The molecule has 0 aliphatic heterocycles. The van der Waals surface area contributed by atoms with Crippen LogP contribution in [0.25, 0.3) is 11.0 Å². The molecule has 0 bridgehead atoms. The largest absolute Gasteiger partial charge is 0.331 e.